The van der Waals surface area contributed by atoms with Gasteiger partial charge in [0.15, 0.2) is 0 Å². The highest BCUT2D eigenvalue weighted by Crippen LogP contribution is 2.02. The summed E-state index contributed by atoms with van der Waals surface area (Å²) in [5, 5.41) is 0. The number of nitrogens with zero attached hydrogens (tertiary/aromatic N) is 2. The van der Waals surface area contributed by atoms with Crippen molar-refractivity contribution >= 4 is 0 Å². The molecule has 76 valence electrons. The van der Waals surface area contributed by atoms with Crippen molar-refractivity contribution < 1.29 is 0 Å². The number of hydrogen-bond donors (Lipinski definition) is 0. The lowest BCUT2D eigenvalue weighted by Crippen LogP contribution is -2.18. The molecule has 0 unspecified atom stereocenters. The fraction of sp³-hybridized carbons (Fsp3) is 0.167. The lowest BCUT2D eigenvalue weighted by Gasteiger charge is -2.04. The summed E-state index contributed by atoms with van der Waals surface area (Å²) in [6.45, 7) is 2.57. The first kappa shape index (κ1) is 9.65. The molecule has 2 heterocycles. The normalized spacial score (nSPS) is 10.2. The van der Waals surface area contributed by atoms with Crippen LogP contribution in [0.5, 0.6) is 0 Å². The van der Waals surface area contributed by atoms with Crippen LogP contribution in [0.1, 0.15) is 11.1 Å². The molecule has 15 heavy (non-hydrogen) atoms. The third kappa shape index (κ3) is 2.31. The van der Waals surface area contributed by atoms with Crippen LogP contribution >= 0.6 is 0 Å². The molecular weight excluding hydrogens is 188 g/mol. The lowest BCUT2D eigenvalue weighted by atomic mass is 10.2. The minimum atomic E-state index is 0.0130. The minimum absolute atomic E-state index is 0.0130. The monoisotopic (exact) mass is 200 g/mol. The van der Waals surface area contributed by atoms with Gasteiger partial charge in [0.1, 0.15) is 0 Å². The Hall–Kier alpha value is -1.90. The number of aromatic nitrogens is 2. The van der Waals surface area contributed by atoms with Crippen molar-refractivity contribution in [2.75, 3.05) is 0 Å². The summed E-state index contributed by atoms with van der Waals surface area (Å²) in [7, 11) is 0. The fourth-order valence-corrected chi connectivity index (χ4v) is 1.49. The Labute approximate surface area is 88.0 Å². The maximum atomic E-state index is 11.5. The fourth-order valence-electron chi connectivity index (χ4n) is 1.49. The zero-order valence-electron chi connectivity index (χ0n) is 8.55. The number of aryl methyl sites for hydroxylation is 1. The summed E-state index contributed by atoms with van der Waals surface area (Å²) in [6, 6.07) is 7.19. The Morgan fingerprint density at radius 1 is 1.33 bits per heavy atom. The molecule has 2 aromatic heterocycles. The van der Waals surface area contributed by atoms with Gasteiger partial charge in [0.25, 0.3) is 5.56 Å². The standard InChI is InChI=1S/C12H12N2O/c1-10-6-11(8-13-7-10)9-14-5-3-2-4-12(14)15/h2-8H,9H2,1H3. The van der Waals surface area contributed by atoms with Gasteiger partial charge in [-0.15, -0.1) is 0 Å². The van der Waals surface area contributed by atoms with Crippen molar-refractivity contribution in [1.82, 2.24) is 9.55 Å². The van der Waals surface area contributed by atoms with Crippen molar-refractivity contribution in [1.29, 1.82) is 0 Å². The van der Waals surface area contributed by atoms with Gasteiger partial charge in [-0.3, -0.25) is 9.78 Å². The summed E-state index contributed by atoms with van der Waals surface area (Å²) < 4.78 is 1.66. The van der Waals surface area contributed by atoms with E-state index in [9.17, 15) is 4.79 Å². The Kier molecular flexibility index (Phi) is 2.63. The SMILES string of the molecule is Cc1cncc(Cn2ccccc2=O)c1. The third-order valence-electron chi connectivity index (χ3n) is 2.18. The van der Waals surface area contributed by atoms with Crippen molar-refractivity contribution in [2.45, 2.75) is 13.5 Å². The number of hydrogen-bond acceptors (Lipinski definition) is 2. The molecule has 0 saturated heterocycles. The molecule has 3 heteroatoms. The van der Waals surface area contributed by atoms with E-state index in [0.29, 0.717) is 6.54 Å². The Morgan fingerprint density at radius 2 is 2.20 bits per heavy atom. The van der Waals surface area contributed by atoms with E-state index in [2.05, 4.69) is 4.98 Å². The second-order valence-corrected chi connectivity index (χ2v) is 3.54. The highest BCUT2D eigenvalue weighted by Gasteiger charge is 1.97. The molecule has 2 rings (SSSR count). The van der Waals surface area contributed by atoms with Gasteiger partial charge < -0.3 is 4.57 Å². The van der Waals surface area contributed by atoms with Gasteiger partial charge >= 0.3 is 0 Å². The molecule has 0 aliphatic carbocycles. The minimum Gasteiger partial charge on any atom is -0.311 e. The van der Waals surface area contributed by atoms with E-state index < -0.39 is 0 Å². The zero-order valence-corrected chi connectivity index (χ0v) is 8.55. The summed E-state index contributed by atoms with van der Waals surface area (Å²) in [5.74, 6) is 0. The molecule has 0 radical (unpaired) electrons. The smallest absolute Gasteiger partial charge is 0.250 e. The molecule has 0 fully saturated rings. The third-order valence-corrected chi connectivity index (χ3v) is 2.18. The van der Waals surface area contributed by atoms with Crippen LogP contribution in [-0.4, -0.2) is 9.55 Å². The molecule has 0 atom stereocenters. The first-order chi connectivity index (χ1) is 7.25. The second kappa shape index (κ2) is 4.09. The van der Waals surface area contributed by atoms with Crippen LogP contribution in [0.3, 0.4) is 0 Å². The van der Waals surface area contributed by atoms with E-state index in [1.807, 2.05) is 19.1 Å². The summed E-state index contributed by atoms with van der Waals surface area (Å²) in [5.41, 5.74) is 2.17. The van der Waals surface area contributed by atoms with Crippen LogP contribution in [0, 0.1) is 6.92 Å². The second-order valence-electron chi connectivity index (χ2n) is 3.54. The maximum Gasteiger partial charge on any atom is 0.250 e. The van der Waals surface area contributed by atoms with Gasteiger partial charge in [0, 0.05) is 24.7 Å². The van der Waals surface area contributed by atoms with Crippen LogP contribution in [0.15, 0.2) is 47.7 Å². The number of rotatable bonds is 2. The largest absolute Gasteiger partial charge is 0.311 e. The maximum absolute atomic E-state index is 11.5. The topological polar surface area (TPSA) is 34.9 Å². The van der Waals surface area contributed by atoms with Crippen molar-refractivity contribution in [2.24, 2.45) is 0 Å². The predicted octanol–water partition coefficient (Wildman–Crippen LogP) is 1.60. The lowest BCUT2D eigenvalue weighted by molar-refractivity contribution is 0.755. The predicted molar refractivity (Wildman–Crippen MR) is 58.8 cm³/mol. The quantitative estimate of drug-likeness (QED) is 0.738. The zero-order chi connectivity index (χ0) is 10.7. The van der Waals surface area contributed by atoms with Gasteiger partial charge in [0.05, 0.1) is 6.54 Å². The highest BCUT2D eigenvalue weighted by atomic mass is 16.1. The van der Waals surface area contributed by atoms with Crippen LogP contribution in [0.2, 0.25) is 0 Å². The Bertz CT molecular complexity index is 517. The number of pyridine rings is 2. The highest BCUT2D eigenvalue weighted by molar-refractivity contribution is 5.17. The average Bonchev–Trinajstić information content (AvgIpc) is 2.22. The molecule has 0 aromatic carbocycles. The summed E-state index contributed by atoms with van der Waals surface area (Å²) in [4.78, 5) is 15.5. The van der Waals surface area contributed by atoms with E-state index in [-0.39, 0.29) is 5.56 Å². The summed E-state index contributed by atoms with van der Waals surface area (Å²) >= 11 is 0. The molecule has 0 amide bonds. The Balaban J connectivity index is 2.30. The molecule has 2 aromatic rings. The molecule has 3 nitrogen and oxygen atoms in total. The van der Waals surface area contributed by atoms with E-state index in [0.717, 1.165) is 11.1 Å². The molecule has 0 aliphatic rings. The molecule has 0 bridgehead atoms. The van der Waals surface area contributed by atoms with E-state index in [1.54, 1.807) is 35.3 Å². The van der Waals surface area contributed by atoms with Gasteiger partial charge in [0.2, 0.25) is 0 Å². The van der Waals surface area contributed by atoms with Crippen molar-refractivity contribution in [3.8, 4) is 0 Å². The molecule has 0 N–H and O–H groups in total. The first-order valence-electron chi connectivity index (χ1n) is 4.82. The van der Waals surface area contributed by atoms with Crippen LogP contribution in [0.25, 0.3) is 0 Å². The summed E-state index contributed by atoms with van der Waals surface area (Å²) in [6.07, 6.45) is 5.37. The van der Waals surface area contributed by atoms with Crippen LogP contribution < -0.4 is 5.56 Å². The van der Waals surface area contributed by atoms with E-state index >= 15 is 0 Å². The first-order valence-corrected chi connectivity index (χ1v) is 4.82. The molecule has 0 saturated carbocycles. The van der Waals surface area contributed by atoms with Crippen LogP contribution in [-0.2, 0) is 6.54 Å². The Morgan fingerprint density at radius 3 is 2.93 bits per heavy atom. The van der Waals surface area contributed by atoms with Gasteiger partial charge in [-0.05, 0) is 24.1 Å². The van der Waals surface area contributed by atoms with Crippen molar-refractivity contribution in [3.05, 3.63) is 64.3 Å². The average molecular weight is 200 g/mol. The van der Waals surface area contributed by atoms with E-state index in [1.165, 1.54) is 0 Å². The molecular formula is C12H12N2O. The van der Waals surface area contributed by atoms with E-state index in [4.69, 9.17) is 0 Å². The van der Waals surface area contributed by atoms with Crippen LogP contribution in [0.4, 0.5) is 0 Å². The van der Waals surface area contributed by atoms with Crippen molar-refractivity contribution in [3.63, 3.8) is 0 Å². The van der Waals surface area contributed by atoms with Gasteiger partial charge in [-0.1, -0.05) is 12.1 Å². The van der Waals surface area contributed by atoms with Gasteiger partial charge in [-0.2, -0.15) is 0 Å². The molecule has 0 spiro atoms. The molecule has 0 aliphatic heterocycles. The van der Waals surface area contributed by atoms with Gasteiger partial charge in [-0.25, -0.2) is 0 Å².